The number of aromatic nitrogens is 1. The molecule has 150 valence electrons. The van der Waals surface area contributed by atoms with Crippen molar-refractivity contribution in [2.45, 2.75) is 73.1 Å². The van der Waals surface area contributed by atoms with E-state index in [2.05, 4.69) is 87.8 Å². The molecule has 1 aliphatic rings. The first-order valence-corrected chi connectivity index (χ1v) is 10.7. The number of allylic oxidation sites excluding steroid dienone is 2. The van der Waals surface area contributed by atoms with E-state index in [9.17, 15) is 0 Å². The maximum absolute atomic E-state index is 4.54. The van der Waals surface area contributed by atoms with Crippen LogP contribution in [-0.4, -0.2) is 4.98 Å². The van der Waals surface area contributed by atoms with Crippen molar-refractivity contribution in [3.63, 3.8) is 0 Å². The van der Waals surface area contributed by atoms with Gasteiger partial charge in [0.2, 0.25) is 0 Å². The van der Waals surface area contributed by atoms with E-state index < -0.39 is 0 Å². The molecule has 0 unspecified atom stereocenters. The second-order valence-electron chi connectivity index (χ2n) is 8.79. The van der Waals surface area contributed by atoms with Crippen molar-refractivity contribution in [1.29, 1.82) is 0 Å². The Morgan fingerprint density at radius 3 is 2.18 bits per heavy atom. The van der Waals surface area contributed by atoms with Gasteiger partial charge in [0.25, 0.3) is 0 Å². The zero-order chi connectivity index (χ0) is 20.6. The van der Waals surface area contributed by atoms with E-state index in [0.29, 0.717) is 5.41 Å². The molecule has 1 heteroatoms. The van der Waals surface area contributed by atoms with Gasteiger partial charge in [-0.15, -0.1) is 0 Å². The summed E-state index contributed by atoms with van der Waals surface area (Å²) in [5.41, 5.74) is 7.81. The van der Waals surface area contributed by atoms with Gasteiger partial charge in [-0.1, -0.05) is 82.2 Å². The predicted molar refractivity (Wildman–Crippen MR) is 124 cm³/mol. The topological polar surface area (TPSA) is 12.9 Å². The molecule has 1 fully saturated rings. The Kier molecular flexibility index (Phi) is 8.23. The standard InChI is InChI=1S/C20H23N.C7H14/c1-5-15(2)20(13-18-9-7-6-8-10-18)14-19-12-11-16(3)21-17(19)4;1-7(2)5-3-4-6-7/h6-12,14H,2,5,13H2,1,3-4H3;3-6H2,1-2H3/b20-14-;. The number of pyridine rings is 1. The third-order valence-corrected chi connectivity index (χ3v) is 5.67. The van der Waals surface area contributed by atoms with Gasteiger partial charge in [-0.25, -0.2) is 0 Å². The molecule has 0 N–H and O–H groups in total. The zero-order valence-corrected chi connectivity index (χ0v) is 18.5. The minimum atomic E-state index is 0.694. The van der Waals surface area contributed by atoms with E-state index in [-0.39, 0.29) is 0 Å². The fourth-order valence-electron chi connectivity index (χ4n) is 3.69. The minimum Gasteiger partial charge on any atom is -0.258 e. The molecule has 0 saturated heterocycles. The second kappa shape index (κ2) is 10.4. The maximum Gasteiger partial charge on any atom is 0.0448 e. The molecule has 1 saturated carbocycles. The van der Waals surface area contributed by atoms with Crippen LogP contribution < -0.4 is 0 Å². The van der Waals surface area contributed by atoms with E-state index in [1.807, 2.05) is 6.92 Å². The molecule has 2 aromatic rings. The van der Waals surface area contributed by atoms with Crippen molar-refractivity contribution < 1.29 is 0 Å². The van der Waals surface area contributed by atoms with E-state index in [0.717, 1.165) is 24.2 Å². The van der Waals surface area contributed by atoms with E-state index in [1.165, 1.54) is 48.0 Å². The Bertz CT molecular complexity index is 788. The van der Waals surface area contributed by atoms with Crippen LogP contribution in [0.5, 0.6) is 0 Å². The molecule has 1 heterocycles. The van der Waals surface area contributed by atoms with Gasteiger partial charge >= 0.3 is 0 Å². The van der Waals surface area contributed by atoms with Crippen LogP contribution in [0.2, 0.25) is 0 Å². The fourth-order valence-corrected chi connectivity index (χ4v) is 3.69. The lowest BCUT2D eigenvalue weighted by molar-refractivity contribution is 0.382. The highest BCUT2D eigenvalue weighted by molar-refractivity contribution is 5.60. The Balaban J connectivity index is 0.000000336. The maximum atomic E-state index is 4.54. The lowest BCUT2D eigenvalue weighted by Gasteiger charge is -2.13. The smallest absolute Gasteiger partial charge is 0.0448 e. The van der Waals surface area contributed by atoms with Crippen molar-refractivity contribution >= 4 is 6.08 Å². The van der Waals surface area contributed by atoms with Crippen LogP contribution in [0.3, 0.4) is 0 Å². The Morgan fingerprint density at radius 1 is 1.04 bits per heavy atom. The summed E-state index contributed by atoms with van der Waals surface area (Å²) < 4.78 is 0. The van der Waals surface area contributed by atoms with E-state index in [1.54, 1.807) is 0 Å². The summed E-state index contributed by atoms with van der Waals surface area (Å²) in [4.78, 5) is 4.54. The summed E-state index contributed by atoms with van der Waals surface area (Å²) in [6.07, 6.45) is 9.96. The molecule has 0 spiro atoms. The largest absolute Gasteiger partial charge is 0.258 e. The summed E-state index contributed by atoms with van der Waals surface area (Å²) >= 11 is 0. The summed E-state index contributed by atoms with van der Waals surface area (Å²) in [6.45, 7) is 15.2. The molecule has 0 atom stereocenters. The Labute approximate surface area is 172 Å². The predicted octanol–water partition coefficient (Wildman–Crippen LogP) is 7.88. The molecule has 0 aliphatic heterocycles. The number of benzene rings is 1. The molecule has 3 rings (SSSR count). The normalized spacial score (nSPS) is 15.7. The molecule has 0 bridgehead atoms. The number of hydrogen-bond acceptors (Lipinski definition) is 1. The highest BCUT2D eigenvalue weighted by Gasteiger charge is 2.21. The van der Waals surface area contributed by atoms with Gasteiger partial charge in [0.05, 0.1) is 0 Å². The van der Waals surface area contributed by atoms with Gasteiger partial charge in [-0.3, -0.25) is 4.98 Å². The van der Waals surface area contributed by atoms with Gasteiger partial charge in [0.15, 0.2) is 0 Å². The Hall–Kier alpha value is -2.15. The first-order valence-electron chi connectivity index (χ1n) is 10.7. The number of aryl methyl sites for hydroxylation is 2. The lowest BCUT2D eigenvalue weighted by Crippen LogP contribution is -2.01. The molecule has 1 aromatic carbocycles. The lowest BCUT2D eigenvalue weighted by atomic mass is 9.92. The highest BCUT2D eigenvalue weighted by atomic mass is 14.7. The molecule has 1 aromatic heterocycles. The quantitative estimate of drug-likeness (QED) is 0.484. The van der Waals surface area contributed by atoms with Gasteiger partial charge in [0.1, 0.15) is 0 Å². The first kappa shape index (κ1) is 22.1. The molecule has 1 aliphatic carbocycles. The van der Waals surface area contributed by atoms with Crippen LogP contribution in [-0.2, 0) is 6.42 Å². The van der Waals surface area contributed by atoms with Crippen LogP contribution in [0.25, 0.3) is 6.08 Å². The van der Waals surface area contributed by atoms with Crippen molar-refractivity contribution in [1.82, 2.24) is 4.98 Å². The average Bonchev–Trinajstić information content (AvgIpc) is 3.08. The fraction of sp³-hybridized carbons (Fsp3) is 0.444. The second-order valence-corrected chi connectivity index (χ2v) is 8.79. The summed E-state index contributed by atoms with van der Waals surface area (Å²) in [7, 11) is 0. The van der Waals surface area contributed by atoms with Gasteiger partial charge in [0, 0.05) is 11.4 Å². The van der Waals surface area contributed by atoms with Crippen molar-refractivity contribution in [2.24, 2.45) is 5.41 Å². The summed E-state index contributed by atoms with van der Waals surface area (Å²) in [6, 6.07) is 14.8. The summed E-state index contributed by atoms with van der Waals surface area (Å²) in [5, 5.41) is 0. The number of nitrogens with zero attached hydrogens (tertiary/aromatic N) is 1. The third kappa shape index (κ3) is 7.11. The molecule has 0 radical (unpaired) electrons. The SMILES string of the molecule is C=C(CC)/C(=C\c1ccc(C)nc1C)Cc1ccccc1.CC1(C)CCCC1. The Morgan fingerprint density at radius 2 is 1.68 bits per heavy atom. The van der Waals surface area contributed by atoms with Crippen molar-refractivity contribution in [2.75, 3.05) is 0 Å². The molecule has 0 amide bonds. The molecule has 1 nitrogen and oxygen atoms in total. The van der Waals surface area contributed by atoms with Gasteiger partial charge < -0.3 is 0 Å². The average molecular weight is 376 g/mol. The van der Waals surface area contributed by atoms with Crippen LogP contribution in [0, 0.1) is 19.3 Å². The number of rotatable bonds is 5. The van der Waals surface area contributed by atoms with E-state index >= 15 is 0 Å². The molecule has 28 heavy (non-hydrogen) atoms. The van der Waals surface area contributed by atoms with Crippen LogP contribution >= 0.6 is 0 Å². The van der Waals surface area contributed by atoms with Gasteiger partial charge in [-0.2, -0.15) is 0 Å². The first-order chi connectivity index (χ1) is 13.3. The molecular weight excluding hydrogens is 338 g/mol. The highest BCUT2D eigenvalue weighted by Crippen LogP contribution is 2.36. The van der Waals surface area contributed by atoms with Crippen molar-refractivity contribution in [3.05, 3.63) is 82.7 Å². The molecular formula is C27H37N. The third-order valence-electron chi connectivity index (χ3n) is 5.67. The summed E-state index contributed by atoms with van der Waals surface area (Å²) in [5.74, 6) is 0. The van der Waals surface area contributed by atoms with Crippen molar-refractivity contribution in [3.8, 4) is 0 Å². The van der Waals surface area contributed by atoms with Gasteiger partial charge in [-0.05, 0) is 73.8 Å². The van der Waals surface area contributed by atoms with Crippen LogP contribution in [0.1, 0.15) is 75.4 Å². The number of hydrogen-bond donors (Lipinski definition) is 0. The zero-order valence-electron chi connectivity index (χ0n) is 18.5. The van der Waals surface area contributed by atoms with Crippen LogP contribution in [0.4, 0.5) is 0 Å². The van der Waals surface area contributed by atoms with E-state index in [4.69, 9.17) is 0 Å². The van der Waals surface area contributed by atoms with Crippen LogP contribution in [0.15, 0.2) is 60.2 Å². The monoisotopic (exact) mass is 375 g/mol. The minimum absolute atomic E-state index is 0.694.